The highest BCUT2D eigenvalue weighted by Crippen LogP contribution is 2.21. The number of anilines is 1. The van der Waals surface area contributed by atoms with Crippen LogP contribution in [0.2, 0.25) is 0 Å². The number of amides is 2. The van der Waals surface area contributed by atoms with Crippen LogP contribution in [0, 0.1) is 12.8 Å². The summed E-state index contributed by atoms with van der Waals surface area (Å²) in [7, 11) is 1.71. The highest BCUT2D eigenvalue weighted by Gasteiger charge is 2.35. The summed E-state index contributed by atoms with van der Waals surface area (Å²) in [6.07, 6.45) is 1.51. The van der Waals surface area contributed by atoms with E-state index in [-0.39, 0.29) is 17.8 Å². The van der Waals surface area contributed by atoms with Crippen LogP contribution in [-0.2, 0) is 4.79 Å². The average Bonchev–Trinajstić information content (AvgIpc) is 3.30. The van der Waals surface area contributed by atoms with Gasteiger partial charge in [-0.05, 0) is 29.8 Å². The van der Waals surface area contributed by atoms with E-state index in [1.165, 1.54) is 15.9 Å². The molecule has 2 aliphatic rings. The second-order valence-corrected chi connectivity index (χ2v) is 7.08. The summed E-state index contributed by atoms with van der Waals surface area (Å²) in [6.45, 7) is 1.79. The Balaban J connectivity index is 1.47. The largest absolute Gasteiger partial charge is 0.306 e. The molecule has 0 saturated carbocycles. The number of nitrogens with zero attached hydrogens (tertiary/aromatic N) is 6. The minimum Gasteiger partial charge on any atom is -0.306 e. The van der Waals surface area contributed by atoms with Gasteiger partial charge in [-0.15, -0.1) is 0 Å². The van der Waals surface area contributed by atoms with Crippen molar-refractivity contribution in [3.05, 3.63) is 59.8 Å². The molecule has 148 valence electrons. The Morgan fingerprint density at radius 2 is 1.87 bits per heavy atom. The summed E-state index contributed by atoms with van der Waals surface area (Å²) < 4.78 is 1.36. The van der Waals surface area contributed by atoms with E-state index in [1.807, 2.05) is 36.4 Å². The lowest BCUT2D eigenvalue weighted by molar-refractivity contribution is -0.118. The molecule has 1 aromatic heterocycles. The zero-order valence-corrected chi connectivity index (χ0v) is 16.3. The van der Waals surface area contributed by atoms with E-state index in [4.69, 9.17) is 0 Å². The predicted molar refractivity (Wildman–Crippen MR) is 114 cm³/mol. The number of aliphatic imine (C=N–C) groups is 2. The zero-order chi connectivity index (χ0) is 20.8. The Morgan fingerprint density at radius 1 is 1.07 bits per heavy atom. The predicted octanol–water partition coefficient (Wildman–Crippen LogP) is 2.29. The van der Waals surface area contributed by atoms with Gasteiger partial charge in [0, 0.05) is 24.9 Å². The molecule has 0 spiro atoms. The fourth-order valence-corrected chi connectivity index (χ4v) is 3.46. The van der Waals surface area contributed by atoms with Crippen molar-refractivity contribution < 1.29 is 9.59 Å². The molecular formula is C21H17N7O2. The van der Waals surface area contributed by atoms with Crippen molar-refractivity contribution in [3.8, 4) is 0 Å². The molecule has 2 amide bonds. The van der Waals surface area contributed by atoms with Crippen LogP contribution in [0.15, 0.2) is 63.6 Å². The van der Waals surface area contributed by atoms with Crippen LogP contribution in [0.25, 0.3) is 10.8 Å². The van der Waals surface area contributed by atoms with Crippen LogP contribution in [-0.4, -0.2) is 51.7 Å². The van der Waals surface area contributed by atoms with Crippen LogP contribution in [0.5, 0.6) is 0 Å². The third-order valence-corrected chi connectivity index (χ3v) is 4.96. The maximum atomic E-state index is 12.9. The number of benzene rings is 2. The first kappa shape index (κ1) is 17.9. The lowest BCUT2D eigenvalue weighted by atomic mass is 10.1. The molecule has 0 fully saturated rings. The highest BCUT2D eigenvalue weighted by atomic mass is 16.2. The number of carbonyl (C=O) groups is 2. The second-order valence-electron chi connectivity index (χ2n) is 7.08. The fraction of sp³-hybridized carbons (Fsp3) is 0.143. The van der Waals surface area contributed by atoms with Gasteiger partial charge in [-0.1, -0.05) is 30.3 Å². The number of aromatic nitrogens is 2. The van der Waals surface area contributed by atoms with E-state index in [0.29, 0.717) is 22.9 Å². The first-order chi connectivity index (χ1) is 14.5. The van der Waals surface area contributed by atoms with Gasteiger partial charge in [-0.2, -0.15) is 24.9 Å². The summed E-state index contributed by atoms with van der Waals surface area (Å²) in [6, 6.07) is 15.0. The number of hydrogen-bond donors (Lipinski definition) is 1. The molecule has 30 heavy (non-hydrogen) atoms. The molecule has 0 saturated heterocycles. The topological polar surface area (TPSA) is 104 Å². The van der Waals surface area contributed by atoms with Crippen LogP contribution in [0.3, 0.4) is 0 Å². The Morgan fingerprint density at radius 3 is 2.70 bits per heavy atom. The summed E-state index contributed by atoms with van der Waals surface area (Å²) in [5, 5.41) is 14.8. The van der Waals surface area contributed by atoms with Crippen molar-refractivity contribution in [1.82, 2.24) is 14.8 Å². The van der Waals surface area contributed by atoms with E-state index >= 15 is 0 Å². The number of hydrazone groups is 1. The van der Waals surface area contributed by atoms with Gasteiger partial charge in [0.15, 0.2) is 0 Å². The lowest BCUT2D eigenvalue weighted by Gasteiger charge is -2.17. The van der Waals surface area contributed by atoms with Crippen LogP contribution in [0.4, 0.5) is 5.82 Å². The Bertz CT molecular complexity index is 1300. The maximum absolute atomic E-state index is 12.9. The van der Waals surface area contributed by atoms with Crippen molar-refractivity contribution in [2.24, 2.45) is 21.0 Å². The minimum atomic E-state index is -0.578. The van der Waals surface area contributed by atoms with Gasteiger partial charge < -0.3 is 5.32 Å². The number of aryl methyl sites for hydroxylation is 1. The van der Waals surface area contributed by atoms with Gasteiger partial charge >= 0.3 is 0 Å². The molecule has 9 heteroatoms. The number of hydrogen-bond acceptors (Lipinski definition) is 6. The molecular weight excluding hydrogens is 382 g/mol. The fourth-order valence-electron chi connectivity index (χ4n) is 3.46. The Labute approximate surface area is 171 Å². The monoisotopic (exact) mass is 399 g/mol. The summed E-state index contributed by atoms with van der Waals surface area (Å²) in [5.74, 6) is -0.303. The van der Waals surface area contributed by atoms with E-state index in [2.05, 4.69) is 25.5 Å². The number of amidine groups is 1. The molecule has 0 radical (unpaired) electrons. The molecule has 3 heterocycles. The molecule has 0 bridgehead atoms. The first-order valence-corrected chi connectivity index (χ1v) is 9.36. The number of nitrogens with one attached hydrogen (secondary N) is 1. The van der Waals surface area contributed by atoms with Crippen molar-refractivity contribution in [1.29, 1.82) is 0 Å². The van der Waals surface area contributed by atoms with Crippen LogP contribution >= 0.6 is 0 Å². The quantitative estimate of drug-likeness (QED) is 0.714. The van der Waals surface area contributed by atoms with Crippen molar-refractivity contribution in [2.45, 2.75) is 6.92 Å². The average molecular weight is 399 g/mol. The lowest BCUT2D eigenvalue weighted by Crippen LogP contribution is -2.35. The van der Waals surface area contributed by atoms with Gasteiger partial charge in [-0.25, -0.2) is 0 Å². The molecule has 3 aromatic rings. The van der Waals surface area contributed by atoms with Gasteiger partial charge in [0.25, 0.3) is 17.8 Å². The summed E-state index contributed by atoms with van der Waals surface area (Å²) in [5.41, 5.74) is 1.16. The molecule has 5 rings (SSSR count). The van der Waals surface area contributed by atoms with Crippen molar-refractivity contribution in [2.75, 3.05) is 12.4 Å². The molecule has 9 nitrogen and oxygen atoms in total. The number of fused-ring (bicyclic) bond motifs is 2. The number of carbonyl (C=O) groups excluding carboxylic acids is 2. The second kappa shape index (κ2) is 6.73. The number of rotatable bonds is 2. The molecule has 2 aromatic carbocycles. The normalized spacial score (nSPS) is 17.7. The molecule has 1 unspecified atom stereocenters. The van der Waals surface area contributed by atoms with Crippen LogP contribution < -0.4 is 5.32 Å². The molecule has 2 aliphatic heterocycles. The molecule has 1 atom stereocenters. The first-order valence-electron chi connectivity index (χ1n) is 9.36. The highest BCUT2D eigenvalue weighted by molar-refractivity contribution is 6.24. The van der Waals surface area contributed by atoms with Gasteiger partial charge in [0.1, 0.15) is 17.6 Å². The SMILES string of the molecule is Cc1cc(NC(=O)c2ccc3ccccc3c2)n(C2=NC(=O)C3C=NN(C)C3=N2)n1. The summed E-state index contributed by atoms with van der Waals surface area (Å²) in [4.78, 5) is 33.7. The van der Waals surface area contributed by atoms with Crippen molar-refractivity contribution in [3.63, 3.8) is 0 Å². The molecule has 1 N–H and O–H groups in total. The van der Waals surface area contributed by atoms with E-state index < -0.39 is 5.92 Å². The third-order valence-electron chi connectivity index (χ3n) is 4.96. The molecule has 0 aliphatic carbocycles. The summed E-state index contributed by atoms with van der Waals surface area (Å²) >= 11 is 0. The van der Waals surface area contributed by atoms with E-state index in [9.17, 15) is 9.59 Å². The Hall–Kier alpha value is -4.14. The van der Waals surface area contributed by atoms with Crippen LogP contribution in [0.1, 0.15) is 16.1 Å². The van der Waals surface area contributed by atoms with E-state index in [1.54, 1.807) is 26.1 Å². The van der Waals surface area contributed by atoms with Crippen molar-refractivity contribution >= 4 is 46.4 Å². The smallest absolute Gasteiger partial charge is 0.265 e. The standard InChI is InChI=1S/C21H17N7O2/c1-12-9-17(23-19(29)15-8-7-13-5-3-4-6-14(13)10-15)28(26-12)21-24-18-16(20(30)25-21)11-22-27(18)2/h3-11,16H,1-2H3,(H,23,29). The van der Waals surface area contributed by atoms with E-state index in [0.717, 1.165) is 10.8 Å². The maximum Gasteiger partial charge on any atom is 0.265 e. The zero-order valence-electron chi connectivity index (χ0n) is 16.3. The van der Waals surface area contributed by atoms with Gasteiger partial charge in [-0.3, -0.25) is 14.6 Å². The Kier molecular flexibility index (Phi) is 4.02. The van der Waals surface area contributed by atoms with Gasteiger partial charge in [0.2, 0.25) is 0 Å². The van der Waals surface area contributed by atoms with Gasteiger partial charge in [0.05, 0.1) is 5.69 Å². The third kappa shape index (κ3) is 2.96. The minimum absolute atomic E-state index is 0.0884.